The molecule has 1 aliphatic rings. The summed E-state index contributed by atoms with van der Waals surface area (Å²) in [7, 11) is 1.71. The quantitative estimate of drug-likeness (QED) is 0.669. The molecule has 1 unspecified atom stereocenters. The van der Waals surface area contributed by atoms with Gasteiger partial charge in [-0.1, -0.05) is 13.3 Å². The molecule has 1 atom stereocenters. The van der Waals surface area contributed by atoms with Crippen molar-refractivity contribution < 1.29 is 9.90 Å². The maximum absolute atomic E-state index is 10.7. The predicted molar refractivity (Wildman–Crippen MR) is 47.1 cm³/mol. The van der Waals surface area contributed by atoms with Crippen molar-refractivity contribution in [1.29, 1.82) is 0 Å². The van der Waals surface area contributed by atoms with Crippen LogP contribution in [0.15, 0.2) is 0 Å². The van der Waals surface area contributed by atoms with Crippen LogP contribution in [0.3, 0.4) is 0 Å². The Hall–Kier alpha value is -0.570. The van der Waals surface area contributed by atoms with Crippen molar-refractivity contribution in [3.05, 3.63) is 0 Å². The lowest BCUT2D eigenvalue weighted by Crippen LogP contribution is -2.41. The highest BCUT2D eigenvalue weighted by molar-refractivity contribution is 5.73. The maximum Gasteiger partial charge on any atom is 0.320 e. The fraction of sp³-hybridized carbons (Fsp3) is 0.889. The fourth-order valence-corrected chi connectivity index (χ4v) is 1.79. The van der Waals surface area contributed by atoms with Crippen LogP contribution in [0.25, 0.3) is 0 Å². The molecule has 0 aliphatic heterocycles. The number of hydrogen-bond acceptors (Lipinski definition) is 2. The van der Waals surface area contributed by atoms with Crippen LogP contribution in [0.4, 0.5) is 0 Å². The Kier molecular flexibility index (Phi) is 2.73. The molecule has 2 N–H and O–H groups in total. The summed E-state index contributed by atoms with van der Waals surface area (Å²) in [5.74, 6) is -0.731. The highest BCUT2D eigenvalue weighted by atomic mass is 16.4. The number of hydrogen-bond donors (Lipinski definition) is 2. The average Bonchev–Trinajstić information content (AvgIpc) is 1.96. The van der Waals surface area contributed by atoms with Crippen molar-refractivity contribution in [3.8, 4) is 0 Å². The highest BCUT2D eigenvalue weighted by Gasteiger charge is 2.35. The summed E-state index contributed by atoms with van der Waals surface area (Å²) in [6.07, 6.45) is 4.38. The SMILES string of the molecule is CNC(CC1(C)CCC1)C(=O)O. The van der Waals surface area contributed by atoms with Crippen molar-refractivity contribution in [2.45, 2.75) is 38.6 Å². The van der Waals surface area contributed by atoms with Crippen LogP contribution in [-0.2, 0) is 4.79 Å². The molecule has 3 heteroatoms. The second-order valence-corrected chi connectivity index (χ2v) is 4.05. The van der Waals surface area contributed by atoms with Crippen LogP contribution in [0, 0.1) is 5.41 Å². The summed E-state index contributed by atoms with van der Waals surface area (Å²) in [5.41, 5.74) is 0.284. The summed E-state index contributed by atoms with van der Waals surface area (Å²) in [4.78, 5) is 10.7. The van der Waals surface area contributed by atoms with E-state index >= 15 is 0 Å². The van der Waals surface area contributed by atoms with Gasteiger partial charge in [0.1, 0.15) is 6.04 Å². The van der Waals surface area contributed by atoms with Gasteiger partial charge in [0.15, 0.2) is 0 Å². The molecular weight excluding hydrogens is 154 g/mol. The Bertz CT molecular complexity index is 175. The normalized spacial score (nSPS) is 22.8. The number of rotatable bonds is 4. The molecule has 0 aromatic heterocycles. The smallest absolute Gasteiger partial charge is 0.320 e. The number of aliphatic carboxylic acids is 1. The molecule has 1 rings (SSSR count). The van der Waals surface area contributed by atoms with Crippen LogP contribution in [0.2, 0.25) is 0 Å². The first-order chi connectivity index (χ1) is 5.57. The Balaban J connectivity index is 2.41. The Morgan fingerprint density at radius 3 is 2.50 bits per heavy atom. The number of likely N-dealkylation sites (N-methyl/N-ethyl adjacent to an activating group) is 1. The van der Waals surface area contributed by atoms with Gasteiger partial charge in [-0.3, -0.25) is 4.79 Å². The van der Waals surface area contributed by atoms with E-state index in [-0.39, 0.29) is 11.5 Å². The molecule has 0 amide bonds. The van der Waals surface area contributed by atoms with Gasteiger partial charge in [-0.15, -0.1) is 0 Å². The third kappa shape index (κ3) is 1.97. The zero-order valence-corrected chi connectivity index (χ0v) is 7.76. The number of carbonyl (C=O) groups is 1. The molecule has 1 saturated carbocycles. The Morgan fingerprint density at radius 1 is 1.67 bits per heavy atom. The zero-order chi connectivity index (χ0) is 9.19. The molecule has 0 spiro atoms. The molecule has 1 fully saturated rings. The van der Waals surface area contributed by atoms with Crippen LogP contribution >= 0.6 is 0 Å². The minimum atomic E-state index is -0.731. The zero-order valence-electron chi connectivity index (χ0n) is 7.76. The van der Waals surface area contributed by atoms with Gasteiger partial charge < -0.3 is 10.4 Å². The van der Waals surface area contributed by atoms with E-state index in [4.69, 9.17) is 5.11 Å². The largest absolute Gasteiger partial charge is 0.480 e. The number of nitrogens with one attached hydrogen (secondary N) is 1. The Labute approximate surface area is 73.2 Å². The third-order valence-electron chi connectivity index (χ3n) is 2.90. The lowest BCUT2D eigenvalue weighted by atomic mass is 9.67. The third-order valence-corrected chi connectivity index (χ3v) is 2.90. The van der Waals surface area contributed by atoms with Crippen LogP contribution in [0.1, 0.15) is 32.6 Å². The molecule has 70 valence electrons. The second kappa shape index (κ2) is 3.44. The first kappa shape index (κ1) is 9.52. The molecular formula is C9H17NO2. The van der Waals surface area contributed by atoms with Crippen molar-refractivity contribution in [3.63, 3.8) is 0 Å². The van der Waals surface area contributed by atoms with Gasteiger partial charge in [-0.2, -0.15) is 0 Å². The second-order valence-electron chi connectivity index (χ2n) is 4.05. The minimum absolute atomic E-state index is 0.284. The van der Waals surface area contributed by atoms with E-state index in [1.54, 1.807) is 7.05 Å². The van der Waals surface area contributed by atoms with Gasteiger partial charge >= 0.3 is 5.97 Å². The molecule has 1 aliphatic carbocycles. The standard InChI is InChI=1S/C9H17NO2/c1-9(4-3-5-9)6-7(10-2)8(11)12/h7,10H,3-6H2,1-2H3,(H,11,12). The first-order valence-corrected chi connectivity index (χ1v) is 4.47. The summed E-state index contributed by atoms with van der Waals surface area (Å²) in [5, 5.41) is 11.6. The van der Waals surface area contributed by atoms with Gasteiger partial charge in [-0.25, -0.2) is 0 Å². The molecule has 3 nitrogen and oxygen atoms in total. The summed E-state index contributed by atoms with van der Waals surface area (Å²) >= 11 is 0. The van der Waals surface area contributed by atoms with E-state index in [1.165, 1.54) is 19.3 Å². The molecule has 0 aromatic rings. The maximum atomic E-state index is 10.7. The molecule has 0 heterocycles. The summed E-state index contributed by atoms with van der Waals surface area (Å²) in [6, 6.07) is -0.365. The van der Waals surface area contributed by atoms with Gasteiger partial charge in [0, 0.05) is 0 Å². The fourth-order valence-electron chi connectivity index (χ4n) is 1.79. The van der Waals surface area contributed by atoms with Gasteiger partial charge in [0.2, 0.25) is 0 Å². The number of carboxylic acids is 1. The highest BCUT2D eigenvalue weighted by Crippen LogP contribution is 2.43. The summed E-state index contributed by atoms with van der Waals surface area (Å²) in [6.45, 7) is 2.17. The molecule has 0 saturated heterocycles. The van der Waals surface area contributed by atoms with E-state index in [1.807, 2.05) is 0 Å². The van der Waals surface area contributed by atoms with Crippen LogP contribution < -0.4 is 5.32 Å². The molecule has 0 radical (unpaired) electrons. The summed E-state index contributed by atoms with van der Waals surface area (Å²) < 4.78 is 0. The van der Waals surface area contributed by atoms with Crippen molar-refractivity contribution in [2.24, 2.45) is 5.41 Å². The average molecular weight is 171 g/mol. The van der Waals surface area contributed by atoms with Crippen molar-refractivity contribution in [2.75, 3.05) is 7.05 Å². The minimum Gasteiger partial charge on any atom is -0.480 e. The monoisotopic (exact) mass is 171 g/mol. The molecule has 0 aromatic carbocycles. The van der Waals surface area contributed by atoms with Gasteiger partial charge in [-0.05, 0) is 31.7 Å². The van der Waals surface area contributed by atoms with Crippen LogP contribution in [-0.4, -0.2) is 24.2 Å². The lowest BCUT2D eigenvalue weighted by molar-refractivity contribution is -0.140. The molecule has 0 bridgehead atoms. The van der Waals surface area contributed by atoms with Crippen LogP contribution in [0.5, 0.6) is 0 Å². The topological polar surface area (TPSA) is 49.3 Å². The number of carboxylic acid groups (broad SMARTS) is 1. The van der Waals surface area contributed by atoms with E-state index in [0.29, 0.717) is 0 Å². The Morgan fingerprint density at radius 2 is 2.25 bits per heavy atom. The van der Waals surface area contributed by atoms with E-state index in [0.717, 1.165) is 6.42 Å². The van der Waals surface area contributed by atoms with Gasteiger partial charge in [0.25, 0.3) is 0 Å². The lowest BCUT2D eigenvalue weighted by Gasteiger charge is -2.40. The van der Waals surface area contributed by atoms with E-state index in [2.05, 4.69) is 12.2 Å². The predicted octanol–water partition coefficient (Wildman–Crippen LogP) is 1.24. The van der Waals surface area contributed by atoms with Gasteiger partial charge in [0.05, 0.1) is 0 Å². The van der Waals surface area contributed by atoms with Crippen molar-refractivity contribution >= 4 is 5.97 Å². The van der Waals surface area contributed by atoms with E-state index in [9.17, 15) is 4.79 Å². The molecule has 12 heavy (non-hydrogen) atoms. The van der Waals surface area contributed by atoms with Crippen molar-refractivity contribution in [1.82, 2.24) is 5.32 Å². The van der Waals surface area contributed by atoms with E-state index < -0.39 is 5.97 Å². The first-order valence-electron chi connectivity index (χ1n) is 4.47.